The molecule has 0 atom stereocenters. The van der Waals surface area contributed by atoms with E-state index >= 15 is 0 Å². The number of esters is 1. The Morgan fingerprint density at radius 3 is 2.61 bits per heavy atom. The van der Waals surface area contributed by atoms with Crippen LogP contribution in [0.5, 0.6) is 0 Å². The molecule has 2 nitrogen and oxygen atoms in total. The number of methoxy groups -OCH3 is 1. The number of thioether (sulfide) groups is 1. The van der Waals surface area contributed by atoms with Crippen LogP contribution in [0.25, 0.3) is 0 Å². The van der Waals surface area contributed by atoms with Gasteiger partial charge in [0.25, 0.3) is 0 Å². The van der Waals surface area contributed by atoms with Gasteiger partial charge in [-0.05, 0) is 41.7 Å². The molecule has 0 saturated heterocycles. The molecule has 0 unspecified atom stereocenters. The van der Waals surface area contributed by atoms with Crippen molar-refractivity contribution < 1.29 is 9.53 Å². The van der Waals surface area contributed by atoms with E-state index in [1.165, 1.54) is 12.7 Å². The predicted molar refractivity (Wildman–Crippen MR) is 78.6 cm³/mol. The highest BCUT2D eigenvalue weighted by Crippen LogP contribution is 2.51. The van der Waals surface area contributed by atoms with Crippen molar-refractivity contribution in [3.8, 4) is 0 Å². The van der Waals surface area contributed by atoms with Gasteiger partial charge < -0.3 is 4.74 Å². The fourth-order valence-electron chi connectivity index (χ4n) is 1.89. The molecular formula is C14H17BrO2S. The van der Waals surface area contributed by atoms with E-state index in [1.54, 1.807) is 0 Å². The molecule has 1 aromatic rings. The average Bonchev–Trinajstić information content (AvgIpc) is 3.11. The Morgan fingerprint density at radius 2 is 2.06 bits per heavy atom. The van der Waals surface area contributed by atoms with Crippen molar-refractivity contribution in [1.82, 2.24) is 0 Å². The van der Waals surface area contributed by atoms with Crippen molar-refractivity contribution in [3.63, 3.8) is 0 Å². The van der Waals surface area contributed by atoms with Crippen molar-refractivity contribution in [1.29, 1.82) is 0 Å². The van der Waals surface area contributed by atoms with Gasteiger partial charge in [-0.1, -0.05) is 28.1 Å². The Morgan fingerprint density at radius 1 is 1.39 bits per heavy atom. The van der Waals surface area contributed by atoms with Gasteiger partial charge in [-0.3, -0.25) is 4.79 Å². The maximum atomic E-state index is 11.3. The summed E-state index contributed by atoms with van der Waals surface area (Å²) in [6.45, 7) is 0. The zero-order valence-corrected chi connectivity index (χ0v) is 12.9. The number of carbonyl (C=O) groups excluding carboxylic acids is 1. The molecule has 98 valence electrons. The van der Waals surface area contributed by atoms with Gasteiger partial charge in [-0.25, -0.2) is 0 Å². The van der Waals surface area contributed by atoms with Crippen LogP contribution >= 0.6 is 27.7 Å². The number of hydrogen-bond acceptors (Lipinski definition) is 3. The van der Waals surface area contributed by atoms with E-state index in [2.05, 4.69) is 40.2 Å². The lowest BCUT2D eigenvalue weighted by Crippen LogP contribution is -2.13. The fourth-order valence-corrected chi connectivity index (χ4v) is 3.51. The maximum absolute atomic E-state index is 11.3. The zero-order valence-electron chi connectivity index (χ0n) is 10.4. The Hall–Kier alpha value is -0.480. The van der Waals surface area contributed by atoms with E-state index in [4.69, 9.17) is 4.74 Å². The van der Waals surface area contributed by atoms with Crippen LogP contribution in [-0.4, -0.2) is 18.8 Å². The summed E-state index contributed by atoms with van der Waals surface area (Å²) in [4.78, 5) is 11.3. The summed E-state index contributed by atoms with van der Waals surface area (Å²) in [5, 5.41) is 0. The van der Waals surface area contributed by atoms with Crippen LogP contribution in [0.15, 0.2) is 28.7 Å². The second-order valence-corrected chi connectivity index (χ2v) is 6.77. The SMILES string of the molecule is COC(=O)CC1(CSCc2ccc(Br)cc2)CC1. The quantitative estimate of drug-likeness (QED) is 0.737. The van der Waals surface area contributed by atoms with Crippen LogP contribution in [0.1, 0.15) is 24.8 Å². The van der Waals surface area contributed by atoms with E-state index in [9.17, 15) is 4.79 Å². The topological polar surface area (TPSA) is 26.3 Å². The minimum absolute atomic E-state index is 0.0725. The minimum atomic E-state index is -0.0725. The lowest BCUT2D eigenvalue weighted by Gasteiger charge is -2.12. The van der Waals surface area contributed by atoms with Crippen LogP contribution in [0.3, 0.4) is 0 Å². The molecule has 18 heavy (non-hydrogen) atoms. The molecule has 1 saturated carbocycles. The largest absolute Gasteiger partial charge is 0.469 e. The lowest BCUT2D eigenvalue weighted by atomic mass is 10.1. The van der Waals surface area contributed by atoms with Gasteiger partial charge in [0, 0.05) is 10.2 Å². The van der Waals surface area contributed by atoms with E-state index in [1.807, 2.05) is 11.8 Å². The predicted octanol–water partition coefficient (Wildman–Crippen LogP) is 4.03. The van der Waals surface area contributed by atoms with Gasteiger partial charge in [-0.15, -0.1) is 0 Å². The van der Waals surface area contributed by atoms with Gasteiger partial charge in [0.15, 0.2) is 0 Å². The summed E-state index contributed by atoms with van der Waals surface area (Å²) >= 11 is 5.34. The van der Waals surface area contributed by atoms with Crippen molar-refractivity contribution in [3.05, 3.63) is 34.3 Å². The van der Waals surface area contributed by atoms with Crippen molar-refractivity contribution in [2.75, 3.05) is 12.9 Å². The summed E-state index contributed by atoms with van der Waals surface area (Å²) < 4.78 is 5.86. The zero-order chi connectivity index (χ0) is 13.0. The van der Waals surface area contributed by atoms with Crippen LogP contribution in [0.2, 0.25) is 0 Å². The summed E-state index contributed by atoms with van der Waals surface area (Å²) in [5.41, 5.74) is 1.56. The molecular weight excluding hydrogens is 312 g/mol. The summed E-state index contributed by atoms with van der Waals surface area (Å²) in [6, 6.07) is 8.41. The molecule has 1 fully saturated rings. The summed E-state index contributed by atoms with van der Waals surface area (Å²) in [5.74, 6) is 1.99. The molecule has 0 amide bonds. The van der Waals surface area contributed by atoms with E-state index < -0.39 is 0 Å². The molecule has 0 N–H and O–H groups in total. The standard InChI is InChI=1S/C14H17BrO2S/c1-17-13(16)8-14(6-7-14)10-18-9-11-2-4-12(15)5-3-11/h2-5H,6-10H2,1H3. The van der Waals surface area contributed by atoms with Gasteiger partial charge in [0.1, 0.15) is 0 Å². The lowest BCUT2D eigenvalue weighted by molar-refractivity contribution is -0.141. The number of carbonyl (C=O) groups is 1. The third kappa shape index (κ3) is 4.02. The average molecular weight is 329 g/mol. The first-order valence-corrected chi connectivity index (χ1v) is 7.97. The number of hydrogen-bond donors (Lipinski definition) is 0. The summed E-state index contributed by atoms with van der Waals surface area (Å²) in [6.07, 6.45) is 2.90. The second kappa shape index (κ2) is 6.11. The molecule has 0 heterocycles. The second-order valence-electron chi connectivity index (χ2n) is 4.87. The smallest absolute Gasteiger partial charge is 0.306 e. The van der Waals surface area contributed by atoms with Crippen LogP contribution in [0, 0.1) is 5.41 Å². The van der Waals surface area contributed by atoms with Crippen LogP contribution in [-0.2, 0) is 15.3 Å². The van der Waals surface area contributed by atoms with Crippen LogP contribution in [0.4, 0.5) is 0 Å². The van der Waals surface area contributed by atoms with Gasteiger partial charge >= 0.3 is 5.97 Å². The highest BCUT2D eigenvalue weighted by atomic mass is 79.9. The first-order valence-electron chi connectivity index (χ1n) is 6.03. The highest BCUT2D eigenvalue weighted by molar-refractivity contribution is 9.10. The molecule has 1 aliphatic carbocycles. The maximum Gasteiger partial charge on any atom is 0.306 e. The number of ether oxygens (including phenoxy) is 1. The monoisotopic (exact) mass is 328 g/mol. The summed E-state index contributed by atoms with van der Waals surface area (Å²) in [7, 11) is 1.47. The number of halogens is 1. The first-order chi connectivity index (χ1) is 8.63. The normalized spacial score (nSPS) is 16.3. The van der Waals surface area contributed by atoms with Crippen LogP contribution < -0.4 is 0 Å². The molecule has 0 spiro atoms. The van der Waals surface area contributed by atoms with Crippen molar-refractivity contribution in [2.45, 2.75) is 25.0 Å². The highest BCUT2D eigenvalue weighted by Gasteiger charge is 2.44. The molecule has 2 rings (SSSR count). The Balaban J connectivity index is 1.75. The van der Waals surface area contributed by atoms with E-state index in [-0.39, 0.29) is 11.4 Å². The van der Waals surface area contributed by atoms with Gasteiger partial charge in [-0.2, -0.15) is 11.8 Å². The van der Waals surface area contributed by atoms with E-state index in [0.29, 0.717) is 6.42 Å². The molecule has 1 aromatic carbocycles. The van der Waals surface area contributed by atoms with E-state index in [0.717, 1.165) is 28.8 Å². The van der Waals surface area contributed by atoms with Crippen molar-refractivity contribution >= 4 is 33.7 Å². The molecule has 0 radical (unpaired) electrons. The minimum Gasteiger partial charge on any atom is -0.469 e. The number of rotatable bonds is 6. The third-order valence-corrected chi connectivity index (χ3v) is 5.18. The molecule has 1 aliphatic rings. The first kappa shape index (κ1) is 13.9. The molecule has 4 heteroatoms. The van der Waals surface area contributed by atoms with Gasteiger partial charge in [0.2, 0.25) is 0 Å². The Labute approximate surface area is 121 Å². The Bertz CT molecular complexity index is 412. The third-order valence-electron chi connectivity index (χ3n) is 3.29. The fraction of sp³-hybridized carbons (Fsp3) is 0.500. The van der Waals surface area contributed by atoms with Crippen molar-refractivity contribution in [2.24, 2.45) is 5.41 Å². The molecule has 0 bridgehead atoms. The Kier molecular flexibility index (Phi) is 4.73. The molecule has 0 aromatic heterocycles. The molecule has 0 aliphatic heterocycles. The number of benzene rings is 1. The van der Waals surface area contributed by atoms with Gasteiger partial charge in [0.05, 0.1) is 13.5 Å².